The van der Waals surface area contributed by atoms with Crippen LogP contribution >= 0.6 is 23.2 Å². The van der Waals surface area contributed by atoms with Crippen molar-refractivity contribution in [1.82, 2.24) is 10.3 Å². The first-order valence-corrected chi connectivity index (χ1v) is 7.96. The van der Waals surface area contributed by atoms with E-state index in [9.17, 15) is 9.90 Å². The molecule has 5 nitrogen and oxygen atoms in total. The number of carbonyl (C=O) groups is 1. The predicted octanol–water partition coefficient (Wildman–Crippen LogP) is 3.48. The summed E-state index contributed by atoms with van der Waals surface area (Å²) in [4.78, 5) is 16.3. The summed E-state index contributed by atoms with van der Waals surface area (Å²) in [7, 11) is 1.58. The number of rotatable bonds is 5. The van der Waals surface area contributed by atoms with Crippen molar-refractivity contribution >= 4 is 29.1 Å². The standard InChI is InChI=1S/C17H18Cl2N2O3/c1-17(2,10-4-6-12(24-3)7-5-10)21-16(23)15(22)13-8-11(18)9-14(19)20-13/h4-9,15,22H,1-3H3,(H,21,23). The third-order valence-corrected chi connectivity index (χ3v) is 3.97. The number of pyridine rings is 1. The zero-order valence-electron chi connectivity index (χ0n) is 13.5. The molecule has 128 valence electrons. The van der Waals surface area contributed by atoms with Crippen LogP contribution in [0.3, 0.4) is 0 Å². The van der Waals surface area contributed by atoms with E-state index in [1.165, 1.54) is 12.1 Å². The molecular formula is C17H18Cl2N2O3. The minimum absolute atomic E-state index is 0.0931. The number of aromatic nitrogens is 1. The summed E-state index contributed by atoms with van der Waals surface area (Å²) in [6.07, 6.45) is -1.47. The lowest BCUT2D eigenvalue weighted by Crippen LogP contribution is -2.43. The fourth-order valence-electron chi connectivity index (χ4n) is 2.22. The number of methoxy groups -OCH3 is 1. The molecule has 1 amide bonds. The van der Waals surface area contributed by atoms with Crippen LogP contribution in [0.5, 0.6) is 5.75 Å². The molecule has 2 rings (SSSR count). The van der Waals surface area contributed by atoms with E-state index >= 15 is 0 Å². The van der Waals surface area contributed by atoms with Gasteiger partial charge in [-0.3, -0.25) is 4.79 Å². The van der Waals surface area contributed by atoms with Gasteiger partial charge in [-0.05, 0) is 43.7 Å². The number of aliphatic hydroxyl groups is 1. The highest BCUT2D eigenvalue weighted by Gasteiger charge is 2.28. The van der Waals surface area contributed by atoms with Crippen molar-refractivity contribution in [1.29, 1.82) is 0 Å². The second kappa shape index (κ2) is 7.38. The van der Waals surface area contributed by atoms with Crippen molar-refractivity contribution in [2.75, 3.05) is 7.11 Å². The Kier molecular flexibility index (Phi) is 5.70. The molecule has 0 aliphatic rings. The molecule has 1 aromatic carbocycles. The molecule has 0 saturated carbocycles. The molecule has 1 aromatic heterocycles. The van der Waals surface area contributed by atoms with Crippen LogP contribution in [0, 0.1) is 0 Å². The van der Waals surface area contributed by atoms with E-state index in [0.29, 0.717) is 5.02 Å². The van der Waals surface area contributed by atoms with Gasteiger partial charge in [-0.25, -0.2) is 4.98 Å². The molecule has 0 aliphatic carbocycles. The van der Waals surface area contributed by atoms with Crippen molar-refractivity contribution in [3.8, 4) is 5.75 Å². The lowest BCUT2D eigenvalue weighted by atomic mass is 9.93. The number of hydrogen-bond donors (Lipinski definition) is 2. The van der Waals surface area contributed by atoms with E-state index in [-0.39, 0.29) is 10.8 Å². The molecule has 2 N–H and O–H groups in total. The lowest BCUT2D eigenvalue weighted by molar-refractivity contribution is -0.131. The number of benzene rings is 1. The molecule has 0 fully saturated rings. The third kappa shape index (κ3) is 4.38. The zero-order chi connectivity index (χ0) is 17.9. The van der Waals surface area contributed by atoms with Crippen LogP contribution < -0.4 is 10.1 Å². The van der Waals surface area contributed by atoms with Crippen molar-refractivity contribution in [3.63, 3.8) is 0 Å². The average molecular weight is 369 g/mol. The maximum absolute atomic E-state index is 12.4. The van der Waals surface area contributed by atoms with Crippen LogP contribution in [-0.2, 0) is 10.3 Å². The van der Waals surface area contributed by atoms with Crippen LogP contribution in [0.25, 0.3) is 0 Å². The van der Waals surface area contributed by atoms with Gasteiger partial charge in [0.1, 0.15) is 10.9 Å². The number of amides is 1. The van der Waals surface area contributed by atoms with Crippen LogP contribution in [-0.4, -0.2) is 23.1 Å². The summed E-state index contributed by atoms with van der Waals surface area (Å²) in [6, 6.07) is 10.1. The summed E-state index contributed by atoms with van der Waals surface area (Å²) in [5.74, 6) is 0.125. The largest absolute Gasteiger partial charge is 0.497 e. The number of ether oxygens (including phenoxy) is 1. The van der Waals surface area contributed by atoms with Gasteiger partial charge in [-0.1, -0.05) is 35.3 Å². The summed E-state index contributed by atoms with van der Waals surface area (Å²) in [5.41, 5.74) is 0.253. The van der Waals surface area contributed by atoms with Gasteiger partial charge in [0.2, 0.25) is 0 Å². The molecular weight excluding hydrogens is 351 g/mol. The third-order valence-electron chi connectivity index (χ3n) is 3.55. The van der Waals surface area contributed by atoms with Crippen LogP contribution in [0.4, 0.5) is 0 Å². The fourth-order valence-corrected chi connectivity index (χ4v) is 2.70. The van der Waals surface area contributed by atoms with Crippen LogP contribution in [0.2, 0.25) is 10.2 Å². The van der Waals surface area contributed by atoms with Gasteiger partial charge in [0.05, 0.1) is 18.3 Å². The van der Waals surface area contributed by atoms with Gasteiger partial charge in [0.15, 0.2) is 6.10 Å². The molecule has 2 aromatic rings. The number of nitrogens with one attached hydrogen (secondary N) is 1. The van der Waals surface area contributed by atoms with E-state index < -0.39 is 17.6 Å². The van der Waals surface area contributed by atoms with Crippen LogP contribution in [0.15, 0.2) is 36.4 Å². The molecule has 1 heterocycles. The first kappa shape index (κ1) is 18.5. The summed E-state index contributed by atoms with van der Waals surface area (Å²) in [5, 5.41) is 13.4. The highest BCUT2D eigenvalue weighted by Crippen LogP contribution is 2.25. The Morgan fingerprint density at radius 1 is 1.25 bits per heavy atom. The SMILES string of the molecule is COc1ccc(C(C)(C)NC(=O)C(O)c2cc(Cl)cc(Cl)n2)cc1. The van der Waals surface area contributed by atoms with E-state index in [1.807, 2.05) is 26.0 Å². The van der Waals surface area contributed by atoms with Gasteiger partial charge in [0, 0.05) is 5.02 Å². The molecule has 0 radical (unpaired) electrons. The van der Waals surface area contributed by atoms with Gasteiger partial charge >= 0.3 is 0 Å². The van der Waals surface area contributed by atoms with Gasteiger partial charge < -0.3 is 15.2 Å². The van der Waals surface area contributed by atoms with E-state index in [1.54, 1.807) is 19.2 Å². The predicted molar refractivity (Wildman–Crippen MR) is 93.4 cm³/mol. The van der Waals surface area contributed by atoms with Gasteiger partial charge in [0.25, 0.3) is 5.91 Å². The van der Waals surface area contributed by atoms with E-state index in [2.05, 4.69) is 10.3 Å². The normalized spacial score (nSPS) is 12.6. The maximum Gasteiger partial charge on any atom is 0.255 e. The molecule has 1 unspecified atom stereocenters. The molecule has 0 aliphatic heterocycles. The number of nitrogens with zero attached hydrogens (tertiary/aromatic N) is 1. The van der Waals surface area contributed by atoms with Crippen molar-refractivity contribution in [2.45, 2.75) is 25.5 Å². The minimum Gasteiger partial charge on any atom is -0.497 e. The number of hydrogen-bond acceptors (Lipinski definition) is 4. The second-order valence-corrected chi connectivity index (χ2v) is 6.60. The van der Waals surface area contributed by atoms with Crippen molar-refractivity contribution in [3.05, 3.63) is 57.8 Å². The second-order valence-electron chi connectivity index (χ2n) is 5.78. The molecule has 0 spiro atoms. The number of carbonyl (C=O) groups excluding carboxylic acids is 1. The van der Waals surface area contributed by atoms with Crippen molar-refractivity contribution < 1.29 is 14.6 Å². The Balaban J connectivity index is 2.16. The number of aliphatic hydroxyl groups excluding tert-OH is 1. The van der Waals surface area contributed by atoms with E-state index in [4.69, 9.17) is 27.9 Å². The Morgan fingerprint density at radius 3 is 2.42 bits per heavy atom. The maximum atomic E-state index is 12.4. The zero-order valence-corrected chi connectivity index (χ0v) is 15.0. The Labute approximate surface area is 150 Å². The molecule has 0 saturated heterocycles. The minimum atomic E-state index is -1.47. The topological polar surface area (TPSA) is 71.5 Å². The lowest BCUT2D eigenvalue weighted by Gasteiger charge is -2.28. The van der Waals surface area contributed by atoms with Gasteiger partial charge in [-0.15, -0.1) is 0 Å². The smallest absolute Gasteiger partial charge is 0.255 e. The Morgan fingerprint density at radius 2 is 1.88 bits per heavy atom. The first-order valence-electron chi connectivity index (χ1n) is 7.20. The summed E-state index contributed by atoms with van der Waals surface area (Å²) in [6.45, 7) is 3.66. The Hall–Kier alpha value is -1.82. The van der Waals surface area contributed by atoms with Crippen LogP contribution in [0.1, 0.15) is 31.2 Å². The molecule has 0 bridgehead atoms. The number of halogens is 2. The van der Waals surface area contributed by atoms with E-state index in [0.717, 1.165) is 11.3 Å². The first-order chi connectivity index (χ1) is 11.2. The summed E-state index contributed by atoms with van der Waals surface area (Å²) < 4.78 is 5.12. The fraction of sp³-hybridized carbons (Fsp3) is 0.294. The Bertz CT molecular complexity index is 713. The highest BCUT2D eigenvalue weighted by atomic mass is 35.5. The highest BCUT2D eigenvalue weighted by molar-refractivity contribution is 6.33. The monoisotopic (exact) mass is 368 g/mol. The molecule has 24 heavy (non-hydrogen) atoms. The van der Waals surface area contributed by atoms with Gasteiger partial charge in [-0.2, -0.15) is 0 Å². The summed E-state index contributed by atoms with van der Waals surface area (Å²) >= 11 is 11.7. The van der Waals surface area contributed by atoms with Crippen molar-refractivity contribution in [2.24, 2.45) is 0 Å². The molecule has 1 atom stereocenters. The quantitative estimate of drug-likeness (QED) is 0.792. The average Bonchev–Trinajstić information content (AvgIpc) is 2.52. The molecule has 7 heteroatoms.